The molecular weight excluding hydrogens is 340 g/mol. The molecule has 104 valence electrons. The summed E-state index contributed by atoms with van der Waals surface area (Å²) < 4.78 is 1.23. The van der Waals surface area contributed by atoms with Gasteiger partial charge in [0.2, 0.25) is 0 Å². The molecule has 0 radical (unpaired) electrons. The van der Waals surface area contributed by atoms with Crippen molar-refractivity contribution in [1.29, 1.82) is 0 Å². The van der Waals surface area contributed by atoms with Gasteiger partial charge in [0.1, 0.15) is 6.26 Å². The number of rotatable bonds is 2. The Bertz CT molecular complexity index is 814. The van der Waals surface area contributed by atoms with Gasteiger partial charge in [-0.2, -0.15) is 0 Å². The zero-order valence-corrected chi connectivity index (χ0v) is 14.3. The first-order chi connectivity index (χ1) is 10.3. The van der Waals surface area contributed by atoms with E-state index in [-0.39, 0.29) is 10.9 Å². The Balaban J connectivity index is 1.99. The summed E-state index contributed by atoms with van der Waals surface area (Å²) in [6.07, 6.45) is 4.71. The van der Waals surface area contributed by atoms with Crippen molar-refractivity contribution in [2.45, 2.75) is 22.6 Å². The SMILES string of the molecule is C[S+](c1ccccc1)c1ccc2c3c(ccc(Br)c13)CC2. The van der Waals surface area contributed by atoms with Gasteiger partial charge in [-0.15, -0.1) is 0 Å². The van der Waals surface area contributed by atoms with Gasteiger partial charge in [0.15, 0.2) is 9.79 Å². The molecule has 0 saturated carbocycles. The monoisotopic (exact) mass is 355 g/mol. The Morgan fingerprint density at radius 2 is 1.48 bits per heavy atom. The average Bonchev–Trinajstić information content (AvgIpc) is 2.95. The molecule has 1 aliphatic rings. The van der Waals surface area contributed by atoms with Crippen molar-refractivity contribution < 1.29 is 0 Å². The third-order valence-corrected chi connectivity index (χ3v) is 6.97. The molecule has 0 nitrogen and oxygen atoms in total. The summed E-state index contributed by atoms with van der Waals surface area (Å²) in [7, 11) is 0.0996. The summed E-state index contributed by atoms with van der Waals surface area (Å²) in [4.78, 5) is 2.86. The Morgan fingerprint density at radius 3 is 2.19 bits per heavy atom. The molecule has 0 fully saturated rings. The number of hydrogen-bond donors (Lipinski definition) is 0. The average molecular weight is 356 g/mol. The Hall–Kier alpha value is -1.25. The molecule has 0 aliphatic heterocycles. The molecule has 0 N–H and O–H groups in total. The van der Waals surface area contributed by atoms with E-state index in [2.05, 4.69) is 76.8 Å². The van der Waals surface area contributed by atoms with Crippen molar-refractivity contribution >= 4 is 37.6 Å². The molecule has 3 aromatic carbocycles. The third-order valence-electron chi connectivity index (χ3n) is 4.33. The fourth-order valence-electron chi connectivity index (χ4n) is 3.26. The summed E-state index contributed by atoms with van der Waals surface area (Å²) in [5.74, 6) is 0. The number of hydrogen-bond acceptors (Lipinski definition) is 0. The standard InChI is InChI=1S/C19H16BrS/c1-21(15-5-3-2-4-6-15)17-12-10-14-8-7-13-9-11-16(20)19(17)18(13)14/h2-6,9-12H,7-8H2,1H3/q+1. The molecule has 0 heterocycles. The highest BCUT2D eigenvalue weighted by Crippen LogP contribution is 2.40. The summed E-state index contributed by atoms with van der Waals surface area (Å²) >= 11 is 3.79. The molecular formula is C19H16BrS+. The summed E-state index contributed by atoms with van der Waals surface area (Å²) in [5, 5.41) is 2.93. The Kier molecular flexibility index (Phi) is 3.31. The van der Waals surface area contributed by atoms with E-state index in [1.807, 2.05) is 0 Å². The predicted molar refractivity (Wildman–Crippen MR) is 95.3 cm³/mol. The molecule has 0 saturated heterocycles. The van der Waals surface area contributed by atoms with E-state index >= 15 is 0 Å². The lowest BCUT2D eigenvalue weighted by Gasteiger charge is -2.10. The minimum Gasteiger partial charge on any atom is -0.0619 e. The van der Waals surface area contributed by atoms with E-state index < -0.39 is 0 Å². The van der Waals surface area contributed by atoms with Crippen LogP contribution in [0.25, 0.3) is 10.8 Å². The Labute approximate surface area is 136 Å². The van der Waals surface area contributed by atoms with Crippen molar-refractivity contribution in [3.63, 3.8) is 0 Å². The molecule has 0 aromatic heterocycles. The lowest BCUT2D eigenvalue weighted by Crippen LogP contribution is -2.02. The quantitative estimate of drug-likeness (QED) is 0.542. The minimum absolute atomic E-state index is 0.0996. The molecule has 1 aliphatic carbocycles. The van der Waals surface area contributed by atoms with Gasteiger partial charge in [-0.3, -0.25) is 0 Å². The van der Waals surface area contributed by atoms with Crippen LogP contribution in [0.4, 0.5) is 0 Å². The molecule has 2 heteroatoms. The second kappa shape index (κ2) is 5.19. The zero-order chi connectivity index (χ0) is 14.4. The van der Waals surface area contributed by atoms with Crippen molar-refractivity contribution in [3.05, 3.63) is 70.2 Å². The Morgan fingerprint density at radius 1 is 0.810 bits per heavy atom. The maximum atomic E-state index is 3.79. The van der Waals surface area contributed by atoms with Crippen molar-refractivity contribution in [1.82, 2.24) is 0 Å². The highest BCUT2D eigenvalue weighted by Gasteiger charge is 2.26. The van der Waals surface area contributed by atoms with Crippen LogP contribution in [0.3, 0.4) is 0 Å². The molecule has 0 spiro atoms. The first kappa shape index (κ1) is 13.4. The van der Waals surface area contributed by atoms with Gasteiger partial charge in [-0.25, -0.2) is 0 Å². The fraction of sp³-hybridized carbons (Fsp3) is 0.158. The lowest BCUT2D eigenvalue weighted by atomic mass is 10.1. The highest BCUT2D eigenvalue weighted by atomic mass is 79.9. The van der Waals surface area contributed by atoms with E-state index in [9.17, 15) is 0 Å². The molecule has 4 rings (SSSR count). The topological polar surface area (TPSA) is 0 Å². The first-order valence-corrected chi connectivity index (χ1v) is 9.62. The largest absolute Gasteiger partial charge is 0.169 e. The van der Waals surface area contributed by atoms with E-state index in [0.29, 0.717) is 0 Å². The van der Waals surface area contributed by atoms with E-state index in [1.165, 1.54) is 49.0 Å². The molecule has 0 bridgehead atoms. The summed E-state index contributed by atoms with van der Waals surface area (Å²) in [6.45, 7) is 0. The van der Waals surface area contributed by atoms with Crippen LogP contribution in [0.5, 0.6) is 0 Å². The van der Waals surface area contributed by atoms with E-state index in [1.54, 1.807) is 0 Å². The van der Waals surface area contributed by atoms with Crippen LogP contribution in [-0.2, 0) is 23.7 Å². The van der Waals surface area contributed by atoms with Crippen LogP contribution >= 0.6 is 15.9 Å². The van der Waals surface area contributed by atoms with Gasteiger partial charge in [0.25, 0.3) is 0 Å². The van der Waals surface area contributed by atoms with Crippen LogP contribution in [0.1, 0.15) is 11.1 Å². The smallest absolute Gasteiger partial charge is 0.0619 e. The highest BCUT2D eigenvalue weighted by molar-refractivity contribution is 9.10. The molecule has 1 atom stereocenters. The molecule has 3 aromatic rings. The van der Waals surface area contributed by atoms with Crippen LogP contribution in [0.15, 0.2) is 68.9 Å². The third kappa shape index (κ3) is 2.13. The fourth-order valence-corrected chi connectivity index (χ4v) is 5.55. The molecule has 0 amide bonds. The van der Waals surface area contributed by atoms with Crippen LogP contribution < -0.4 is 0 Å². The molecule has 1 unspecified atom stereocenters. The van der Waals surface area contributed by atoms with Crippen molar-refractivity contribution in [2.24, 2.45) is 0 Å². The predicted octanol–water partition coefficient (Wildman–Crippen LogP) is 5.37. The van der Waals surface area contributed by atoms with E-state index in [0.717, 1.165) is 0 Å². The van der Waals surface area contributed by atoms with Gasteiger partial charge in [0, 0.05) is 4.47 Å². The second-order valence-electron chi connectivity index (χ2n) is 5.50. The van der Waals surface area contributed by atoms with Crippen LogP contribution in [0, 0.1) is 0 Å². The van der Waals surface area contributed by atoms with Gasteiger partial charge in [-0.05, 0) is 69.6 Å². The zero-order valence-electron chi connectivity index (χ0n) is 11.9. The number of aryl methyl sites for hydroxylation is 2. The maximum absolute atomic E-state index is 3.79. The van der Waals surface area contributed by atoms with E-state index in [4.69, 9.17) is 0 Å². The van der Waals surface area contributed by atoms with Gasteiger partial charge < -0.3 is 0 Å². The number of halogens is 1. The number of benzene rings is 3. The summed E-state index contributed by atoms with van der Waals surface area (Å²) in [5.41, 5.74) is 3.02. The maximum Gasteiger partial charge on any atom is 0.169 e. The normalized spacial score (nSPS) is 14.6. The minimum atomic E-state index is 0.0996. The van der Waals surface area contributed by atoms with Gasteiger partial charge in [0.05, 0.1) is 16.3 Å². The first-order valence-electron chi connectivity index (χ1n) is 7.19. The van der Waals surface area contributed by atoms with Gasteiger partial charge in [-0.1, -0.05) is 30.3 Å². The van der Waals surface area contributed by atoms with Crippen LogP contribution in [-0.4, -0.2) is 6.26 Å². The van der Waals surface area contributed by atoms with Crippen molar-refractivity contribution in [3.8, 4) is 0 Å². The van der Waals surface area contributed by atoms with Gasteiger partial charge >= 0.3 is 0 Å². The molecule has 21 heavy (non-hydrogen) atoms. The lowest BCUT2D eigenvalue weighted by molar-refractivity contribution is 1.02. The summed E-state index contributed by atoms with van der Waals surface area (Å²) in [6, 6.07) is 20.0. The van der Waals surface area contributed by atoms with Crippen LogP contribution in [0.2, 0.25) is 0 Å². The van der Waals surface area contributed by atoms with Crippen molar-refractivity contribution in [2.75, 3.05) is 6.26 Å². The second-order valence-corrected chi connectivity index (χ2v) is 8.29.